The van der Waals surface area contributed by atoms with Crippen molar-refractivity contribution in [2.45, 2.75) is 108 Å². The van der Waals surface area contributed by atoms with E-state index in [2.05, 4.69) is 24.5 Å². The van der Waals surface area contributed by atoms with Crippen molar-refractivity contribution in [1.29, 1.82) is 0 Å². The molecule has 4 aliphatic carbocycles. The summed E-state index contributed by atoms with van der Waals surface area (Å²) >= 11 is 0. The van der Waals surface area contributed by atoms with Gasteiger partial charge in [-0.2, -0.15) is 0 Å². The van der Waals surface area contributed by atoms with Crippen molar-refractivity contribution in [2.75, 3.05) is 13.1 Å². The SMILES string of the molecule is C[C@]12CC[C@H](OC(=O)NC3CCNCC3)C[C@H]1CCC1C2CC[C@]2(C)[C@@H](c3ccc(=O)oc3)CC[C@]12O. The molecule has 5 fully saturated rings. The summed E-state index contributed by atoms with van der Waals surface area (Å²) in [6.45, 7) is 6.65. The van der Waals surface area contributed by atoms with Crippen LogP contribution in [-0.4, -0.2) is 42.0 Å². The Morgan fingerprint density at radius 2 is 1.84 bits per heavy atom. The predicted octanol–water partition coefficient (Wildman–Crippen LogP) is 4.73. The number of nitrogens with one attached hydrogen (secondary N) is 2. The first-order chi connectivity index (χ1) is 17.7. The van der Waals surface area contributed by atoms with Gasteiger partial charge >= 0.3 is 11.7 Å². The highest BCUT2D eigenvalue weighted by molar-refractivity contribution is 5.67. The molecule has 2 unspecified atom stereocenters. The van der Waals surface area contributed by atoms with E-state index in [9.17, 15) is 14.7 Å². The molecular weight excluding hydrogens is 468 g/mol. The van der Waals surface area contributed by atoms with Gasteiger partial charge in [0.1, 0.15) is 6.10 Å². The monoisotopic (exact) mass is 512 g/mol. The molecule has 204 valence electrons. The van der Waals surface area contributed by atoms with Crippen LogP contribution in [0.2, 0.25) is 0 Å². The highest BCUT2D eigenvalue weighted by Gasteiger charge is 2.67. The summed E-state index contributed by atoms with van der Waals surface area (Å²) in [5.74, 6) is 1.55. The average Bonchev–Trinajstić information content (AvgIpc) is 3.16. The summed E-state index contributed by atoms with van der Waals surface area (Å²) in [7, 11) is 0. The van der Waals surface area contributed by atoms with Crippen LogP contribution < -0.4 is 16.3 Å². The Kier molecular flexibility index (Phi) is 6.46. The molecule has 2 heterocycles. The van der Waals surface area contributed by atoms with Gasteiger partial charge in [0.25, 0.3) is 0 Å². The van der Waals surface area contributed by atoms with Gasteiger partial charge in [-0.1, -0.05) is 13.8 Å². The second-order valence-corrected chi connectivity index (χ2v) is 13.3. The van der Waals surface area contributed by atoms with Gasteiger partial charge in [-0.3, -0.25) is 0 Å². The number of amides is 1. The number of alkyl carbamates (subject to hydrolysis) is 1. The number of hydrogen-bond acceptors (Lipinski definition) is 6. The molecule has 0 aromatic carbocycles. The first kappa shape index (κ1) is 25.4. The number of fused-ring (bicyclic) bond motifs is 5. The number of carbonyl (C=O) groups excluding carboxylic acids is 1. The van der Waals surface area contributed by atoms with Gasteiger partial charge in [0, 0.05) is 17.5 Å². The normalized spacial score (nSPS) is 43.8. The third kappa shape index (κ3) is 4.15. The molecular formula is C30H44N2O5. The smallest absolute Gasteiger partial charge is 0.407 e. The van der Waals surface area contributed by atoms with Crippen LogP contribution in [-0.2, 0) is 4.74 Å². The van der Waals surface area contributed by atoms with Gasteiger partial charge in [-0.25, -0.2) is 9.59 Å². The molecule has 1 saturated heterocycles. The Hall–Kier alpha value is -1.86. The van der Waals surface area contributed by atoms with Gasteiger partial charge in [0.15, 0.2) is 0 Å². The van der Waals surface area contributed by atoms with Crippen LogP contribution in [0.25, 0.3) is 0 Å². The van der Waals surface area contributed by atoms with Gasteiger partial charge in [0.2, 0.25) is 0 Å². The number of piperidine rings is 1. The number of ether oxygens (including phenoxy) is 1. The summed E-state index contributed by atoms with van der Waals surface area (Å²) in [6, 6.07) is 3.64. The summed E-state index contributed by atoms with van der Waals surface area (Å²) in [4.78, 5) is 24.1. The third-order valence-electron chi connectivity index (χ3n) is 11.9. The van der Waals surface area contributed by atoms with Crippen molar-refractivity contribution in [3.63, 3.8) is 0 Å². The minimum atomic E-state index is -0.688. The summed E-state index contributed by atoms with van der Waals surface area (Å²) in [5.41, 5.74) is 0.0253. The molecule has 0 radical (unpaired) electrons. The maximum Gasteiger partial charge on any atom is 0.407 e. The molecule has 0 bridgehead atoms. The van der Waals surface area contributed by atoms with E-state index in [-0.39, 0.29) is 40.6 Å². The lowest BCUT2D eigenvalue weighted by Gasteiger charge is -2.63. The topological polar surface area (TPSA) is 101 Å². The van der Waals surface area contributed by atoms with Crippen LogP contribution in [0.4, 0.5) is 4.79 Å². The zero-order chi connectivity index (χ0) is 25.8. The highest BCUT2D eigenvalue weighted by atomic mass is 16.6. The lowest BCUT2D eigenvalue weighted by Crippen LogP contribution is -2.62. The molecule has 3 N–H and O–H groups in total. The molecule has 4 saturated carbocycles. The fourth-order valence-electron chi connectivity index (χ4n) is 9.71. The summed E-state index contributed by atoms with van der Waals surface area (Å²) in [6.07, 6.45) is 12.2. The molecule has 7 heteroatoms. The molecule has 37 heavy (non-hydrogen) atoms. The van der Waals surface area contributed by atoms with E-state index in [4.69, 9.17) is 9.15 Å². The molecule has 1 aromatic rings. The molecule has 1 aliphatic heterocycles. The minimum absolute atomic E-state index is 0.00289. The Labute approximate surface area is 220 Å². The Morgan fingerprint density at radius 3 is 2.59 bits per heavy atom. The quantitative estimate of drug-likeness (QED) is 0.541. The predicted molar refractivity (Wildman–Crippen MR) is 140 cm³/mol. The average molecular weight is 513 g/mol. The van der Waals surface area contributed by atoms with E-state index in [0.717, 1.165) is 89.3 Å². The molecule has 1 amide bonds. The maximum absolute atomic E-state index is 12.6. The summed E-state index contributed by atoms with van der Waals surface area (Å²) < 4.78 is 11.2. The van der Waals surface area contributed by atoms with E-state index in [0.29, 0.717) is 17.8 Å². The van der Waals surface area contributed by atoms with E-state index in [1.165, 1.54) is 6.07 Å². The standard InChI is InChI=1S/C30H44N2O5/c1-28-12-7-22(37-27(34)32-21-10-15-31-16-11-21)17-20(28)4-5-25-24(28)8-13-29(2)23(9-14-30(25,29)35)19-3-6-26(33)36-18-19/h3,6,18,20-25,31,35H,4-5,7-17H2,1-2H3,(H,32,34)/t20-,22+,23-,24?,25?,28+,29-,30+/m1/s1. The largest absolute Gasteiger partial charge is 0.446 e. The lowest BCUT2D eigenvalue weighted by atomic mass is 9.43. The second kappa shape index (κ2) is 9.41. The second-order valence-electron chi connectivity index (χ2n) is 13.3. The fourth-order valence-corrected chi connectivity index (χ4v) is 9.71. The number of hydrogen-bond donors (Lipinski definition) is 3. The maximum atomic E-state index is 12.6. The van der Waals surface area contributed by atoms with Crippen molar-refractivity contribution in [3.05, 3.63) is 34.4 Å². The zero-order valence-corrected chi connectivity index (χ0v) is 22.5. The zero-order valence-electron chi connectivity index (χ0n) is 22.5. The minimum Gasteiger partial charge on any atom is -0.446 e. The number of aliphatic hydroxyl groups is 1. The lowest BCUT2D eigenvalue weighted by molar-refractivity contribution is -0.205. The van der Waals surface area contributed by atoms with Gasteiger partial charge in [-0.15, -0.1) is 0 Å². The van der Waals surface area contributed by atoms with E-state index in [1.807, 2.05) is 6.07 Å². The van der Waals surface area contributed by atoms with Crippen LogP contribution in [0, 0.1) is 28.6 Å². The van der Waals surface area contributed by atoms with Gasteiger partial charge in [-0.05, 0) is 124 Å². The number of rotatable bonds is 3. The third-order valence-corrected chi connectivity index (χ3v) is 11.9. The first-order valence-corrected chi connectivity index (χ1v) is 14.7. The van der Waals surface area contributed by atoms with Crippen LogP contribution >= 0.6 is 0 Å². The molecule has 8 atom stereocenters. The van der Waals surface area contributed by atoms with Gasteiger partial charge < -0.3 is 24.9 Å². The number of carbonyl (C=O) groups is 1. The molecule has 5 aliphatic rings. The van der Waals surface area contributed by atoms with Crippen LogP contribution in [0.5, 0.6) is 0 Å². The van der Waals surface area contributed by atoms with Gasteiger partial charge in [0.05, 0.1) is 11.9 Å². The Bertz CT molecular complexity index is 1050. The fraction of sp³-hybridized carbons (Fsp3) is 0.800. The van der Waals surface area contributed by atoms with E-state index in [1.54, 1.807) is 6.26 Å². The van der Waals surface area contributed by atoms with E-state index >= 15 is 0 Å². The van der Waals surface area contributed by atoms with Crippen LogP contribution in [0.15, 0.2) is 27.6 Å². The van der Waals surface area contributed by atoms with Crippen molar-refractivity contribution in [3.8, 4) is 0 Å². The van der Waals surface area contributed by atoms with Crippen molar-refractivity contribution in [1.82, 2.24) is 10.6 Å². The molecule has 6 rings (SSSR count). The Balaban J connectivity index is 1.14. The molecule has 1 aromatic heterocycles. The van der Waals surface area contributed by atoms with Crippen molar-refractivity contribution in [2.24, 2.45) is 28.6 Å². The van der Waals surface area contributed by atoms with Crippen LogP contribution in [0.3, 0.4) is 0 Å². The summed E-state index contributed by atoms with van der Waals surface area (Å²) in [5, 5.41) is 18.8. The highest BCUT2D eigenvalue weighted by Crippen LogP contribution is 2.70. The van der Waals surface area contributed by atoms with Crippen molar-refractivity contribution >= 4 is 6.09 Å². The molecule has 7 nitrogen and oxygen atoms in total. The van der Waals surface area contributed by atoms with Crippen LogP contribution in [0.1, 0.15) is 96.0 Å². The first-order valence-electron chi connectivity index (χ1n) is 14.7. The van der Waals surface area contributed by atoms with Crippen molar-refractivity contribution < 1.29 is 19.1 Å². The van der Waals surface area contributed by atoms with E-state index < -0.39 is 5.60 Å². The Morgan fingerprint density at radius 1 is 1.03 bits per heavy atom. The molecule has 0 spiro atoms.